The van der Waals surface area contributed by atoms with Gasteiger partial charge in [0.2, 0.25) is 0 Å². The van der Waals surface area contributed by atoms with E-state index in [-0.39, 0.29) is 5.54 Å². The molecular weight excluding hydrogens is 180 g/mol. The number of aryl methyl sites for hydroxylation is 1. The molecule has 1 saturated carbocycles. The molecule has 4 nitrogen and oxygen atoms in total. The minimum atomic E-state index is -0.282. The predicted molar refractivity (Wildman–Crippen MR) is 52.1 cm³/mol. The number of nitrogens with zero attached hydrogens (tertiary/aromatic N) is 1. The highest BCUT2D eigenvalue weighted by Gasteiger charge is 2.37. The monoisotopic (exact) mass is 196 g/mol. The Morgan fingerprint density at radius 3 is 2.64 bits per heavy atom. The maximum atomic E-state index is 6.32. The molecule has 14 heavy (non-hydrogen) atoms. The van der Waals surface area contributed by atoms with Crippen LogP contribution >= 0.6 is 0 Å². The minimum absolute atomic E-state index is 0.282. The molecule has 0 amide bonds. The largest absolute Gasteiger partial charge is 0.479 e. The summed E-state index contributed by atoms with van der Waals surface area (Å²) >= 11 is 0. The van der Waals surface area contributed by atoms with Crippen LogP contribution in [0.2, 0.25) is 0 Å². The zero-order valence-corrected chi connectivity index (χ0v) is 8.67. The Hall–Kier alpha value is -1.03. The molecule has 0 bridgehead atoms. The summed E-state index contributed by atoms with van der Waals surface area (Å²) in [5.74, 6) is 1.33. The highest BCUT2D eigenvalue weighted by Crippen LogP contribution is 2.41. The molecule has 1 aliphatic rings. The summed E-state index contributed by atoms with van der Waals surface area (Å²) in [5, 5.41) is 3.85. The third kappa shape index (κ3) is 1.30. The Bertz CT molecular complexity index is 327. The van der Waals surface area contributed by atoms with E-state index in [9.17, 15) is 0 Å². The van der Waals surface area contributed by atoms with Crippen molar-refractivity contribution in [3.8, 4) is 5.88 Å². The van der Waals surface area contributed by atoms with Gasteiger partial charge < -0.3 is 15.0 Å². The Morgan fingerprint density at radius 1 is 1.43 bits per heavy atom. The van der Waals surface area contributed by atoms with Gasteiger partial charge in [0, 0.05) is 5.54 Å². The summed E-state index contributed by atoms with van der Waals surface area (Å²) in [5.41, 5.74) is 7.00. The van der Waals surface area contributed by atoms with Crippen LogP contribution < -0.4 is 10.5 Å². The number of ether oxygens (including phenoxy) is 1. The Kier molecular flexibility index (Phi) is 2.23. The fourth-order valence-corrected chi connectivity index (χ4v) is 2.31. The normalized spacial score (nSPS) is 19.9. The second kappa shape index (κ2) is 3.28. The van der Waals surface area contributed by atoms with E-state index in [1.807, 2.05) is 6.92 Å². The molecule has 0 atom stereocenters. The van der Waals surface area contributed by atoms with E-state index in [0.29, 0.717) is 5.88 Å². The van der Waals surface area contributed by atoms with Crippen molar-refractivity contribution in [1.29, 1.82) is 0 Å². The minimum Gasteiger partial charge on any atom is -0.479 e. The summed E-state index contributed by atoms with van der Waals surface area (Å²) < 4.78 is 10.3. The lowest BCUT2D eigenvalue weighted by molar-refractivity contribution is 0.329. The average molecular weight is 196 g/mol. The first kappa shape index (κ1) is 9.52. The Labute approximate surface area is 83.4 Å². The zero-order chi connectivity index (χ0) is 10.2. The molecule has 1 aromatic heterocycles. The zero-order valence-electron chi connectivity index (χ0n) is 8.67. The summed E-state index contributed by atoms with van der Waals surface area (Å²) in [4.78, 5) is 0. The average Bonchev–Trinajstić information content (AvgIpc) is 2.73. The van der Waals surface area contributed by atoms with E-state index >= 15 is 0 Å². The number of rotatable bonds is 2. The number of nitrogens with two attached hydrogens (primary N) is 1. The molecule has 1 fully saturated rings. The van der Waals surface area contributed by atoms with Crippen LogP contribution in [0.3, 0.4) is 0 Å². The van der Waals surface area contributed by atoms with Crippen LogP contribution in [0, 0.1) is 6.92 Å². The number of aromatic nitrogens is 1. The Morgan fingerprint density at radius 2 is 2.07 bits per heavy atom. The fraction of sp³-hybridized carbons (Fsp3) is 0.700. The van der Waals surface area contributed by atoms with Crippen LogP contribution in [0.15, 0.2) is 4.52 Å². The summed E-state index contributed by atoms with van der Waals surface area (Å²) in [6.07, 6.45) is 4.32. The SMILES string of the molecule is COc1noc(C)c1C1(N)CCCC1. The third-order valence-corrected chi connectivity index (χ3v) is 3.02. The maximum absolute atomic E-state index is 6.32. The van der Waals surface area contributed by atoms with Gasteiger partial charge in [-0.25, -0.2) is 0 Å². The number of hydrogen-bond acceptors (Lipinski definition) is 4. The van der Waals surface area contributed by atoms with E-state index in [4.69, 9.17) is 15.0 Å². The molecule has 1 aromatic rings. The molecule has 0 aliphatic heterocycles. The van der Waals surface area contributed by atoms with Crippen molar-refractivity contribution < 1.29 is 9.26 Å². The highest BCUT2D eigenvalue weighted by molar-refractivity contribution is 5.35. The summed E-state index contributed by atoms with van der Waals surface area (Å²) in [7, 11) is 1.60. The molecule has 2 rings (SSSR count). The standard InChI is InChI=1S/C10H16N2O2/c1-7-8(9(13-2)12-14-7)10(11)5-3-4-6-10/h3-6,11H2,1-2H3. The van der Waals surface area contributed by atoms with E-state index < -0.39 is 0 Å². The van der Waals surface area contributed by atoms with Crippen molar-refractivity contribution >= 4 is 0 Å². The molecule has 4 heteroatoms. The lowest BCUT2D eigenvalue weighted by atomic mass is 9.90. The smallest absolute Gasteiger partial charge is 0.259 e. The summed E-state index contributed by atoms with van der Waals surface area (Å²) in [6.45, 7) is 1.89. The second-order valence-corrected chi connectivity index (χ2v) is 3.99. The van der Waals surface area contributed by atoms with Gasteiger partial charge in [0.25, 0.3) is 5.88 Å². The number of methoxy groups -OCH3 is 1. The van der Waals surface area contributed by atoms with Crippen molar-refractivity contribution in [3.05, 3.63) is 11.3 Å². The molecular formula is C10H16N2O2. The van der Waals surface area contributed by atoms with Crippen molar-refractivity contribution in [2.24, 2.45) is 5.73 Å². The predicted octanol–water partition coefficient (Wildman–Crippen LogP) is 1.72. The molecule has 0 saturated heterocycles. The quantitative estimate of drug-likeness (QED) is 0.782. The van der Waals surface area contributed by atoms with E-state index in [0.717, 1.165) is 24.2 Å². The highest BCUT2D eigenvalue weighted by atomic mass is 16.5. The Balaban J connectivity index is 2.42. The van der Waals surface area contributed by atoms with Crippen molar-refractivity contribution in [1.82, 2.24) is 5.16 Å². The van der Waals surface area contributed by atoms with Crippen molar-refractivity contribution in [2.45, 2.75) is 38.1 Å². The molecule has 0 aromatic carbocycles. The summed E-state index contributed by atoms with van der Waals surface area (Å²) in [6, 6.07) is 0. The first-order valence-electron chi connectivity index (χ1n) is 4.97. The van der Waals surface area contributed by atoms with Gasteiger partial charge in [0.1, 0.15) is 5.76 Å². The van der Waals surface area contributed by atoms with Crippen LogP contribution in [-0.4, -0.2) is 12.3 Å². The van der Waals surface area contributed by atoms with Gasteiger partial charge in [0.15, 0.2) is 0 Å². The molecule has 0 radical (unpaired) electrons. The molecule has 0 unspecified atom stereocenters. The molecule has 78 valence electrons. The van der Waals surface area contributed by atoms with Crippen LogP contribution in [0.1, 0.15) is 37.0 Å². The lowest BCUT2D eigenvalue weighted by Crippen LogP contribution is -2.33. The van der Waals surface area contributed by atoms with Gasteiger partial charge in [-0.3, -0.25) is 0 Å². The second-order valence-electron chi connectivity index (χ2n) is 3.99. The van der Waals surface area contributed by atoms with Crippen molar-refractivity contribution in [3.63, 3.8) is 0 Å². The lowest BCUT2D eigenvalue weighted by Gasteiger charge is -2.22. The van der Waals surface area contributed by atoms with Gasteiger partial charge in [-0.15, -0.1) is 0 Å². The van der Waals surface area contributed by atoms with Crippen molar-refractivity contribution in [2.75, 3.05) is 7.11 Å². The van der Waals surface area contributed by atoms with Crippen LogP contribution in [-0.2, 0) is 5.54 Å². The van der Waals surface area contributed by atoms with Gasteiger partial charge >= 0.3 is 0 Å². The first-order chi connectivity index (χ1) is 6.67. The maximum Gasteiger partial charge on any atom is 0.259 e. The van der Waals surface area contributed by atoms with Crippen LogP contribution in [0.25, 0.3) is 0 Å². The first-order valence-corrected chi connectivity index (χ1v) is 4.97. The molecule has 0 spiro atoms. The third-order valence-electron chi connectivity index (χ3n) is 3.02. The number of hydrogen-bond donors (Lipinski definition) is 1. The van der Waals surface area contributed by atoms with Crippen LogP contribution in [0.5, 0.6) is 5.88 Å². The molecule has 2 N–H and O–H groups in total. The van der Waals surface area contributed by atoms with Gasteiger partial charge in [-0.05, 0) is 24.9 Å². The molecule has 1 heterocycles. The topological polar surface area (TPSA) is 61.3 Å². The van der Waals surface area contributed by atoms with E-state index in [1.54, 1.807) is 7.11 Å². The van der Waals surface area contributed by atoms with Crippen LogP contribution in [0.4, 0.5) is 0 Å². The van der Waals surface area contributed by atoms with E-state index in [2.05, 4.69) is 5.16 Å². The van der Waals surface area contributed by atoms with E-state index in [1.165, 1.54) is 12.8 Å². The van der Waals surface area contributed by atoms with Gasteiger partial charge in [0.05, 0.1) is 12.7 Å². The molecule has 1 aliphatic carbocycles. The van der Waals surface area contributed by atoms with Gasteiger partial charge in [-0.1, -0.05) is 12.8 Å². The van der Waals surface area contributed by atoms with Gasteiger partial charge in [-0.2, -0.15) is 0 Å². The fourth-order valence-electron chi connectivity index (χ4n) is 2.31.